The van der Waals surface area contributed by atoms with E-state index in [2.05, 4.69) is 44.3 Å². The Morgan fingerprint density at radius 1 is 1.00 bits per heavy atom. The average Bonchev–Trinajstić information content (AvgIpc) is 2.40. The lowest BCUT2D eigenvalue weighted by molar-refractivity contribution is 0.318. The summed E-state index contributed by atoms with van der Waals surface area (Å²) in [6, 6.07) is 12.0. The van der Waals surface area contributed by atoms with Gasteiger partial charge >= 0.3 is 0 Å². The van der Waals surface area contributed by atoms with Crippen molar-refractivity contribution in [1.29, 1.82) is 0 Å². The van der Waals surface area contributed by atoms with Crippen LogP contribution >= 0.6 is 0 Å². The highest BCUT2D eigenvalue weighted by molar-refractivity contribution is 5.66. The molecule has 0 saturated heterocycles. The van der Waals surface area contributed by atoms with Gasteiger partial charge in [-0.1, -0.05) is 13.0 Å². The molecule has 0 heterocycles. The van der Waals surface area contributed by atoms with E-state index in [1.165, 1.54) is 11.1 Å². The molecule has 20 heavy (non-hydrogen) atoms. The minimum atomic E-state index is 0.699. The second-order valence-corrected chi connectivity index (χ2v) is 5.06. The fourth-order valence-electron chi connectivity index (χ4n) is 1.98. The molecule has 3 N–H and O–H groups in total. The number of aryl methyl sites for hydroxylation is 2. The van der Waals surface area contributed by atoms with Crippen molar-refractivity contribution in [2.45, 2.75) is 27.2 Å². The minimum Gasteiger partial charge on any atom is -0.493 e. The van der Waals surface area contributed by atoms with Gasteiger partial charge in [0.1, 0.15) is 5.75 Å². The van der Waals surface area contributed by atoms with E-state index < -0.39 is 0 Å². The number of rotatable bonds is 5. The van der Waals surface area contributed by atoms with Gasteiger partial charge in [-0.2, -0.15) is 0 Å². The number of nitrogen functional groups attached to an aromatic ring is 1. The number of hydrogen-bond acceptors (Lipinski definition) is 3. The van der Waals surface area contributed by atoms with E-state index in [9.17, 15) is 0 Å². The van der Waals surface area contributed by atoms with Crippen molar-refractivity contribution in [3.63, 3.8) is 0 Å². The summed E-state index contributed by atoms with van der Waals surface area (Å²) in [5.74, 6) is 0.804. The number of nitrogens with one attached hydrogen (secondary N) is 1. The quantitative estimate of drug-likeness (QED) is 0.791. The van der Waals surface area contributed by atoms with Crippen LogP contribution in [-0.2, 0) is 0 Å². The summed E-state index contributed by atoms with van der Waals surface area (Å²) in [5.41, 5.74) is 11.2. The molecule has 0 aliphatic carbocycles. The summed E-state index contributed by atoms with van der Waals surface area (Å²) < 4.78 is 5.64. The van der Waals surface area contributed by atoms with Gasteiger partial charge in [0.2, 0.25) is 0 Å². The Morgan fingerprint density at radius 3 is 2.50 bits per heavy atom. The second kappa shape index (κ2) is 6.33. The molecular formula is C17H22N2O. The Kier molecular flexibility index (Phi) is 4.51. The normalized spacial score (nSPS) is 10.3. The molecule has 2 aromatic carbocycles. The summed E-state index contributed by atoms with van der Waals surface area (Å²) in [6.45, 7) is 7.00. The highest BCUT2D eigenvalue weighted by Crippen LogP contribution is 2.26. The molecule has 0 amide bonds. The minimum absolute atomic E-state index is 0.699. The van der Waals surface area contributed by atoms with Crippen LogP contribution in [0.25, 0.3) is 0 Å². The van der Waals surface area contributed by atoms with Gasteiger partial charge in [-0.05, 0) is 49.6 Å². The lowest BCUT2D eigenvalue weighted by atomic mass is 10.1. The smallest absolute Gasteiger partial charge is 0.123 e. The lowest BCUT2D eigenvalue weighted by Gasteiger charge is -2.12. The van der Waals surface area contributed by atoms with Crippen LogP contribution in [-0.4, -0.2) is 6.61 Å². The van der Waals surface area contributed by atoms with Crippen molar-refractivity contribution in [3.05, 3.63) is 47.5 Å². The second-order valence-electron chi connectivity index (χ2n) is 5.06. The monoisotopic (exact) mass is 270 g/mol. The van der Waals surface area contributed by atoms with Crippen LogP contribution in [0.15, 0.2) is 36.4 Å². The zero-order valence-corrected chi connectivity index (χ0v) is 12.4. The highest BCUT2D eigenvalue weighted by atomic mass is 16.5. The Balaban J connectivity index is 2.19. The SMILES string of the molecule is CCCOc1cc(N)cc(Nc2ccc(C)c(C)c2)c1. The highest BCUT2D eigenvalue weighted by Gasteiger charge is 2.02. The predicted octanol–water partition coefficient (Wildman–Crippen LogP) is 4.42. The summed E-state index contributed by atoms with van der Waals surface area (Å²) in [7, 11) is 0. The summed E-state index contributed by atoms with van der Waals surface area (Å²) in [4.78, 5) is 0. The molecule has 0 atom stereocenters. The first kappa shape index (κ1) is 14.3. The summed E-state index contributed by atoms with van der Waals surface area (Å²) in [6.07, 6.45) is 0.981. The number of benzene rings is 2. The van der Waals surface area contributed by atoms with E-state index in [4.69, 9.17) is 10.5 Å². The number of ether oxygens (including phenoxy) is 1. The Hall–Kier alpha value is -2.16. The third-order valence-electron chi connectivity index (χ3n) is 3.20. The molecule has 106 valence electrons. The zero-order chi connectivity index (χ0) is 14.5. The number of anilines is 3. The molecule has 0 aromatic heterocycles. The molecule has 0 bridgehead atoms. The molecule has 0 aliphatic heterocycles. The van der Waals surface area contributed by atoms with E-state index >= 15 is 0 Å². The molecule has 3 heteroatoms. The molecule has 0 spiro atoms. The molecule has 2 aromatic rings. The van der Waals surface area contributed by atoms with Crippen molar-refractivity contribution >= 4 is 17.1 Å². The van der Waals surface area contributed by atoms with Crippen LogP contribution in [0.1, 0.15) is 24.5 Å². The topological polar surface area (TPSA) is 47.3 Å². The first-order chi connectivity index (χ1) is 9.58. The molecular weight excluding hydrogens is 248 g/mol. The fraction of sp³-hybridized carbons (Fsp3) is 0.294. The van der Waals surface area contributed by atoms with Crippen LogP contribution in [0.3, 0.4) is 0 Å². The molecule has 0 saturated carbocycles. The Morgan fingerprint density at radius 2 is 1.80 bits per heavy atom. The van der Waals surface area contributed by atoms with Crippen LogP contribution in [0.5, 0.6) is 5.75 Å². The van der Waals surface area contributed by atoms with Gasteiger partial charge in [-0.25, -0.2) is 0 Å². The summed E-state index contributed by atoms with van der Waals surface area (Å²) >= 11 is 0. The van der Waals surface area contributed by atoms with Gasteiger partial charge in [-0.3, -0.25) is 0 Å². The van der Waals surface area contributed by atoms with Crippen LogP contribution in [0, 0.1) is 13.8 Å². The molecule has 0 unspecified atom stereocenters. The van der Waals surface area contributed by atoms with Crippen LogP contribution in [0.4, 0.5) is 17.1 Å². The van der Waals surface area contributed by atoms with Crippen molar-refractivity contribution in [2.24, 2.45) is 0 Å². The summed E-state index contributed by atoms with van der Waals surface area (Å²) in [5, 5.41) is 3.37. The van der Waals surface area contributed by atoms with Gasteiger partial charge in [0.05, 0.1) is 6.61 Å². The molecule has 0 aliphatic rings. The Bertz CT molecular complexity index is 594. The largest absolute Gasteiger partial charge is 0.493 e. The zero-order valence-electron chi connectivity index (χ0n) is 12.4. The van der Waals surface area contributed by atoms with E-state index in [0.717, 1.165) is 23.5 Å². The van der Waals surface area contributed by atoms with Gasteiger partial charge in [0.25, 0.3) is 0 Å². The maximum atomic E-state index is 5.92. The third kappa shape index (κ3) is 3.67. The van der Waals surface area contributed by atoms with E-state index in [-0.39, 0.29) is 0 Å². The van der Waals surface area contributed by atoms with Crippen molar-refractivity contribution < 1.29 is 4.74 Å². The molecule has 2 rings (SSSR count). The standard InChI is InChI=1S/C17H22N2O/c1-4-7-20-17-10-14(18)9-16(11-17)19-15-6-5-12(2)13(3)8-15/h5-6,8-11,19H,4,7,18H2,1-3H3. The number of nitrogens with two attached hydrogens (primary N) is 1. The molecule has 0 radical (unpaired) electrons. The van der Waals surface area contributed by atoms with Crippen LogP contribution in [0.2, 0.25) is 0 Å². The average molecular weight is 270 g/mol. The van der Waals surface area contributed by atoms with Crippen LogP contribution < -0.4 is 15.8 Å². The van der Waals surface area contributed by atoms with Crippen molar-refractivity contribution in [2.75, 3.05) is 17.7 Å². The predicted molar refractivity (Wildman–Crippen MR) is 85.8 cm³/mol. The first-order valence-electron chi connectivity index (χ1n) is 6.96. The Labute approximate surface area is 120 Å². The lowest BCUT2D eigenvalue weighted by Crippen LogP contribution is -1.98. The molecule has 3 nitrogen and oxygen atoms in total. The van der Waals surface area contributed by atoms with Gasteiger partial charge < -0.3 is 15.8 Å². The van der Waals surface area contributed by atoms with Gasteiger partial charge in [0, 0.05) is 29.2 Å². The van der Waals surface area contributed by atoms with E-state index in [0.29, 0.717) is 12.3 Å². The maximum Gasteiger partial charge on any atom is 0.123 e. The van der Waals surface area contributed by atoms with Crippen molar-refractivity contribution in [1.82, 2.24) is 0 Å². The maximum absolute atomic E-state index is 5.92. The van der Waals surface area contributed by atoms with Gasteiger partial charge in [0.15, 0.2) is 0 Å². The fourth-order valence-corrected chi connectivity index (χ4v) is 1.98. The van der Waals surface area contributed by atoms with E-state index in [1.807, 2.05) is 18.2 Å². The van der Waals surface area contributed by atoms with Crippen molar-refractivity contribution in [3.8, 4) is 5.75 Å². The number of hydrogen-bond donors (Lipinski definition) is 2. The first-order valence-corrected chi connectivity index (χ1v) is 6.96. The van der Waals surface area contributed by atoms with Gasteiger partial charge in [-0.15, -0.1) is 0 Å². The van der Waals surface area contributed by atoms with E-state index in [1.54, 1.807) is 0 Å². The molecule has 0 fully saturated rings. The third-order valence-corrected chi connectivity index (χ3v) is 3.20.